The third-order valence-corrected chi connectivity index (χ3v) is 1.88. The molecule has 18 heavy (non-hydrogen) atoms. The van der Waals surface area contributed by atoms with Gasteiger partial charge in [-0.1, -0.05) is 18.2 Å². The highest BCUT2D eigenvalue weighted by Crippen LogP contribution is 2.08. The third-order valence-electron chi connectivity index (χ3n) is 1.88. The van der Waals surface area contributed by atoms with Gasteiger partial charge in [0, 0.05) is 11.5 Å². The van der Waals surface area contributed by atoms with Gasteiger partial charge in [-0.15, -0.1) is 13.2 Å². The summed E-state index contributed by atoms with van der Waals surface area (Å²) in [5.74, 6) is 0. The standard InChI is InChI=1S/C9H6O2.C3H3NO.C2H4/c10-9-6-5-7-3-1-2-4-8(7)11-9;1-2-5-3-4-1;1-2/h1-6H;1-3H;1-2H2. The maximum atomic E-state index is 10.7. The molecule has 0 unspecified atom stereocenters. The number of fused-ring (bicyclic) bond motifs is 1. The van der Waals surface area contributed by atoms with Crippen molar-refractivity contribution in [2.24, 2.45) is 0 Å². The van der Waals surface area contributed by atoms with Gasteiger partial charge in [0.15, 0.2) is 6.39 Å². The summed E-state index contributed by atoms with van der Waals surface area (Å²) in [6.07, 6.45) is 4.47. The second-order valence-corrected chi connectivity index (χ2v) is 2.97. The van der Waals surface area contributed by atoms with Crippen LogP contribution in [-0.2, 0) is 0 Å². The average Bonchev–Trinajstić information content (AvgIpc) is 3.00. The third kappa shape index (κ3) is 4.09. The van der Waals surface area contributed by atoms with E-state index in [2.05, 4.69) is 22.6 Å². The first-order valence-corrected chi connectivity index (χ1v) is 5.17. The molecule has 4 heteroatoms. The topological polar surface area (TPSA) is 56.2 Å². The summed E-state index contributed by atoms with van der Waals surface area (Å²) in [6.45, 7) is 6.00. The summed E-state index contributed by atoms with van der Waals surface area (Å²) >= 11 is 0. The molecule has 1 aromatic carbocycles. The summed E-state index contributed by atoms with van der Waals surface area (Å²) in [5, 5.41) is 0.951. The number of para-hydroxylation sites is 1. The minimum Gasteiger partial charge on any atom is -0.452 e. The van der Waals surface area contributed by atoms with Gasteiger partial charge >= 0.3 is 5.63 Å². The van der Waals surface area contributed by atoms with Crippen molar-refractivity contribution in [3.63, 3.8) is 0 Å². The van der Waals surface area contributed by atoms with Crippen molar-refractivity contribution in [3.8, 4) is 0 Å². The predicted octanol–water partition coefficient (Wildman–Crippen LogP) is 3.27. The number of oxazole rings is 1. The van der Waals surface area contributed by atoms with Crippen molar-refractivity contribution in [3.05, 3.63) is 78.8 Å². The Morgan fingerprint density at radius 1 is 1.06 bits per heavy atom. The molecule has 0 bridgehead atoms. The molecule has 0 atom stereocenters. The molecule has 2 aromatic heterocycles. The molecule has 0 aliphatic rings. The normalized spacial score (nSPS) is 8.67. The Kier molecular flexibility index (Phi) is 5.69. The van der Waals surface area contributed by atoms with Crippen molar-refractivity contribution in [1.82, 2.24) is 4.98 Å². The summed E-state index contributed by atoms with van der Waals surface area (Å²) < 4.78 is 9.38. The van der Waals surface area contributed by atoms with E-state index < -0.39 is 0 Å². The van der Waals surface area contributed by atoms with E-state index in [1.165, 1.54) is 18.7 Å². The van der Waals surface area contributed by atoms with Crippen LogP contribution in [0.15, 0.2) is 82.0 Å². The van der Waals surface area contributed by atoms with Crippen LogP contribution in [0.5, 0.6) is 0 Å². The maximum Gasteiger partial charge on any atom is 0.336 e. The Morgan fingerprint density at radius 3 is 2.44 bits per heavy atom. The molecule has 0 radical (unpaired) electrons. The monoisotopic (exact) mass is 243 g/mol. The molecular formula is C14H13NO3. The summed E-state index contributed by atoms with van der Waals surface area (Å²) in [6, 6.07) is 10.6. The molecule has 3 aromatic rings. The van der Waals surface area contributed by atoms with Gasteiger partial charge in [-0.2, -0.15) is 0 Å². The fourth-order valence-electron chi connectivity index (χ4n) is 1.19. The van der Waals surface area contributed by atoms with E-state index in [4.69, 9.17) is 4.42 Å². The first kappa shape index (κ1) is 13.4. The van der Waals surface area contributed by atoms with Gasteiger partial charge in [-0.25, -0.2) is 9.78 Å². The molecule has 0 aliphatic heterocycles. The second-order valence-electron chi connectivity index (χ2n) is 2.97. The van der Waals surface area contributed by atoms with Gasteiger partial charge in [0.1, 0.15) is 11.8 Å². The van der Waals surface area contributed by atoms with Gasteiger partial charge in [0.25, 0.3) is 0 Å². The lowest BCUT2D eigenvalue weighted by atomic mass is 10.2. The predicted molar refractivity (Wildman–Crippen MR) is 70.2 cm³/mol. The van der Waals surface area contributed by atoms with E-state index >= 15 is 0 Å². The molecule has 3 rings (SSSR count). The van der Waals surface area contributed by atoms with Gasteiger partial charge in [-0.05, 0) is 12.1 Å². The summed E-state index contributed by atoms with van der Waals surface area (Å²) in [4.78, 5) is 14.3. The van der Waals surface area contributed by atoms with Crippen molar-refractivity contribution in [2.45, 2.75) is 0 Å². The van der Waals surface area contributed by atoms with E-state index in [-0.39, 0.29) is 5.63 Å². The average molecular weight is 243 g/mol. The number of aromatic nitrogens is 1. The molecule has 0 spiro atoms. The van der Waals surface area contributed by atoms with E-state index in [1.54, 1.807) is 18.3 Å². The van der Waals surface area contributed by atoms with Crippen molar-refractivity contribution in [2.75, 3.05) is 0 Å². The maximum absolute atomic E-state index is 10.7. The highest BCUT2D eigenvalue weighted by atomic mass is 16.4. The van der Waals surface area contributed by atoms with Crippen LogP contribution < -0.4 is 5.63 Å². The van der Waals surface area contributed by atoms with Crippen LogP contribution >= 0.6 is 0 Å². The van der Waals surface area contributed by atoms with Gasteiger partial charge < -0.3 is 8.83 Å². The van der Waals surface area contributed by atoms with E-state index in [0.717, 1.165) is 5.39 Å². The summed E-state index contributed by atoms with van der Waals surface area (Å²) in [7, 11) is 0. The Bertz CT molecular complexity index is 597. The van der Waals surface area contributed by atoms with Crippen LogP contribution in [0.4, 0.5) is 0 Å². The number of hydrogen-bond acceptors (Lipinski definition) is 4. The van der Waals surface area contributed by atoms with Crippen LogP contribution in [0.25, 0.3) is 11.0 Å². The van der Waals surface area contributed by atoms with Gasteiger partial charge in [0.05, 0.1) is 6.20 Å². The van der Waals surface area contributed by atoms with Crippen LogP contribution in [0, 0.1) is 0 Å². The minimum absolute atomic E-state index is 0.302. The molecule has 0 N–H and O–H groups in total. The highest BCUT2D eigenvalue weighted by Gasteiger charge is 1.92. The van der Waals surface area contributed by atoms with Gasteiger partial charge in [-0.3, -0.25) is 0 Å². The lowest BCUT2D eigenvalue weighted by Crippen LogP contribution is -1.93. The number of hydrogen-bond donors (Lipinski definition) is 0. The highest BCUT2D eigenvalue weighted by molar-refractivity contribution is 5.75. The lowest BCUT2D eigenvalue weighted by Gasteiger charge is -1.91. The fraction of sp³-hybridized carbons (Fsp3) is 0. The van der Waals surface area contributed by atoms with Crippen molar-refractivity contribution in [1.29, 1.82) is 0 Å². The number of rotatable bonds is 0. The van der Waals surface area contributed by atoms with E-state index in [1.807, 2.05) is 18.2 Å². The molecular weight excluding hydrogens is 230 g/mol. The Morgan fingerprint density at radius 2 is 1.83 bits per heavy atom. The van der Waals surface area contributed by atoms with Crippen LogP contribution in [0.1, 0.15) is 0 Å². The largest absolute Gasteiger partial charge is 0.452 e. The number of benzene rings is 1. The van der Waals surface area contributed by atoms with Crippen LogP contribution in [0.2, 0.25) is 0 Å². The molecule has 4 nitrogen and oxygen atoms in total. The van der Waals surface area contributed by atoms with E-state index in [0.29, 0.717) is 5.58 Å². The lowest BCUT2D eigenvalue weighted by molar-refractivity contribution is 0.558. The molecule has 0 saturated heterocycles. The van der Waals surface area contributed by atoms with Crippen LogP contribution in [0.3, 0.4) is 0 Å². The molecule has 2 heterocycles. The Hall–Kier alpha value is -2.62. The number of nitrogens with zero attached hydrogens (tertiary/aromatic N) is 1. The molecule has 0 fully saturated rings. The minimum atomic E-state index is -0.302. The van der Waals surface area contributed by atoms with E-state index in [9.17, 15) is 4.79 Å². The summed E-state index contributed by atoms with van der Waals surface area (Å²) in [5.41, 5.74) is 0.337. The fourth-order valence-corrected chi connectivity index (χ4v) is 1.19. The first-order valence-electron chi connectivity index (χ1n) is 5.17. The zero-order valence-corrected chi connectivity index (χ0v) is 9.78. The Labute approximate surface area is 104 Å². The smallest absolute Gasteiger partial charge is 0.336 e. The Balaban J connectivity index is 0.000000195. The molecule has 0 amide bonds. The molecule has 0 aliphatic carbocycles. The zero-order chi connectivity index (χ0) is 13.2. The van der Waals surface area contributed by atoms with Gasteiger partial charge in [0.2, 0.25) is 0 Å². The zero-order valence-electron chi connectivity index (χ0n) is 9.78. The first-order chi connectivity index (χ1) is 8.86. The SMILES string of the molecule is C=C.O=c1ccc2ccccc2o1.c1cocn1. The van der Waals surface area contributed by atoms with Crippen molar-refractivity contribution >= 4 is 11.0 Å². The molecule has 92 valence electrons. The van der Waals surface area contributed by atoms with Crippen LogP contribution in [-0.4, -0.2) is 4.98 Å². The molecule has 0 saturated carbocycles. The van der Waals surface area contributed by atoms with Crippen molar-refractivity contribution < 1.29 is 8.83 Å². The quantitative estimate of drug-likeness (QED) is 0.449. The second kappa shape index (κ2) is 7.62.